The average Bonchev–Trinajstić information content (AvgIpc) is 2.04. The molecule has 4 nitrogen and oxygen atoms in total. The number of aromatic nitrogens is 2. The smallest absolute Gasteiger partial charge is 0.171 e. The van der Waals surface area contributed by atoms with Crippen molar-refractivity contribution in [3.8, 4) is 0 Å². The molecule has 0 aliphatic carbocycles. The van der Waals surface area contributed by atoms with Crippen molar-refractivity contribution in [3.05, 3.63) is 12.4 Å². The van der Waals surface area contributed by atoms with Gasteiger partial charge >= 0.3 is 0 Å². The Bertz CT molecular complexity index is 234. The van der Waals surface area contributed by atoms with Crippen LogP contribution in [0.4, 0.5) is 11.6 Å². The van der Waals surface area contributed by atoms with Crippen molar-refractivity contribution in [2.24, 2.45) is 0 Å². The highest BCUT2D eigenvalue weighted by atomic mass is 15.2. The quantitative estimate of drug-likeness (QED) is 0.673. The lowest BCUT2D eigenvalue weighted by molar-refractivity contribution is 1.04. The molecule has 0 saturated heterocycles. The molecule has 0 amide bonds. The summed E-state index contributed by atoms with van der Waals surface area (Å²) in [6.45, 7) is 0. The predicted octanol–water partition coefficient (Wildman–Crippen LogP) is 0.584. The summed E-state index contributed by atoms with van der Waals surface area (Å²) in [4.78, 5) is 10.2. The molecule has 0 aliphatic rings. The molecule has 60 valence electrons. The molecule has 0 saturated carbocycles. The molecule has 0 aromatic carbocycles. The van der Waals surface area contributed by atoms with E-state index in [0.717, 1.165) is 11.6 Å². The molecule has 0 atom stereocenters. The molecule has 0 radical (unpaired) electrons. The Hall–Kier alpha value is -1.32. The van der Waals surface area contributed by atoms with E-state index in [1.165, 1.54) is 0 Å². The van der Waals surface area contributed by atoms with Crippen molar-refractivity contribution in [2.75, 3.05) is 31.4 Å². The summed E-state index contributed by atoms with van der Waals surface area (Å²) in [5, 5.41) is 2.96. The van der Waals surface area contributed by atoms with Crippen LogP contribution >= 0.6 is 0 Å². The number of nitrogens with zero attached hydrogens (tertiary/aromatic N) is 3. The molecule has 0 fully saturated rings. The minimum Gasteiger partial charge on any atom is -0.370 e. The van der Waals surface area contributed by atoms with Crippen molar-refractivity contribution in [2.45, 2.75) is 0 Å². The molecule has 0 bridgehead atoms. The minimum atomic E-state index is 0.803. The fraction of sp³-hybridized carbons (Fsp3) is 0.429. The van der Waals surface area contributed by atoms with Gasteiger partial charge in [0, 0.05) is 33.5 Å². The molecule has 0 spiro atoms. The van der Waals surface area contributed by atoms with Gasteiger partial charge in [-0.2, -0.15) is 0 Å². The summed E-state index contributed by atoms with van der Waals surface area (Å²) in [6.07, 6.45) is 3.34. The van der Waals surface area contributed by atoms with Gasteiger partial charge in [-0.25, -0.2) is 9.97 Å². The van der Waals surface area contributed by atoms with E-state index < -0.39 is 0 Å². The van der Waals surface area contributed by atoms with E-state index >= 15 is 0 Å². The summed E-state index contributed by atoms with van der Waals surface area (Å²) in [6, 6.07) is 0. The van der Waals surface area contributed by atoms with Gasteiger partial charge in [0.15, 0.2) is 11.6 Å². The van der Waals surface area contributed by atoms with Crippen LogP contribution in [0.3, 0.4) is 0 Å². The van der Waals surface area contributed by atoms with Gasteiger partial charge in [0.25, 0.3) is 0 Å². The molecule has 1 aromatic heterocycles. The van der Waals surface area contributed by atoms with Crippen molar-refractivity contribution in [1.29, 1.82) is 0 Å². The van der Waals surface area contributed by atoms with Crippen LogP contribution in [0.2, 0.25) is 0 Å². The van der Waals surface area contributed by atoms with Crippen LogP contribution in [0.5, 0.6) is 0 Å². The highest BCUT2D eigenvalue weighted by Crippen LogP contribution is 2.15. The molecule has 0 unspecified atom stereocenters. The Morgan fingerprint density at radius 2 is 1.91 bits per heavy atom. The molecule has 11 heavy (non-hydrogen) atoms. The van der Waals surface area contributed by atoms with Crippen LogP contribution < -0.4 is 10.2 Å². The molecule has 1 rings (SSSR count). The van der Waals surface area contributed by atoms with Crippen molar-refractivity contribution >= 4 is 11.6 Å². The monoisotopic (exact) mass is 152 g/mol. The Balaban J connectivity index is 3.02. The second-order valence-corrected chi connectivity index (χ2v) is 2.37. The summed E-state index contributed by atoms with van der Waals surface area (Å²) in [7, 11) is 5.70. The first-order valence-corrected chi connectivity index (χ1v) is 3.41. The molecular formula is C7H12N4. The summed E-state index contributed by atoms with van der Waals surface area (Å²) >= 11 is 0. The molecule has 1 N–H and O–H groups in total. The molecule has 1 heterocycles. The lowest BCUT2D eigenvalue weighted by Gasteiger charge is -2.13. The van der Waals surface area contributed by atoms with Crippen molar-refractivity contribution in [3.63, 3.8) is 0 Å². The number of hydrogen-bond acceptors (Lipinski definition) is 4. The van der Waals surface area contributed by atoms with Crippen LogP contribution in [-0.4, -0.2) is 31.1 Å². The third-order valence-corrected chi connectivity index (χ3v) is 1.34. The first kappa shape index (κ1) is 7.78. The summed E-state index contributed by atoms with van der Waals surface area (Å²) in [5.74, 6) is 1.66. The van der Waals surface area contributed by atoms with E-state index in [1.807, 2.05) is 26.0 Å². The third kappa shape index (κ3) is 1.58. The van der Waals surface area contributed by atoms with Crippen molar-refractivity contribution in [1.82, 2.24) is 9.97 Å². The molecular weight excluding hydrogens is 140 g/mol. The van der Waals surface area contributed by atoms with Gasteiger partial charge in [-0.1, -0.05) is 0 Å². The van der Waals surface area contributed by atoms with Gasteiger partial charge in [-0.3, -0.25) is 0 Å². The maximum absolute atomic E-state index is 4.15. The highest BCUT2D eigenvalue weighted by molar-refractivity contribution is 5.58. The second kappa shape index (κ2) is 3.18. The summed E-state index contributed by atoms with van der Waals surface area (Å²) in [5.41, 5.74) is 0. The van der Waals surface area contributed by atoms with E-state index in [1.54, 1.807) is 12.4 Å². The van der Waals surface area contributed by atoms with E-state index in [0.29, 0.717) is 0 Å². The number of nitrogens with one attached hydrogen (secondary N) is 1. The molecule has 0 aliphatic heterocycles. The van der Waals surface area contributed by atoms with E-state index in [9.17, 15) is 0 Å². The lowest BCUT2D eigenvalue weighted by atomic mass is 10.5. The Morgan fingerprint density at radius 1 is 1.27 bits per heavy atom. The SMILES string of the molecule is CNc1nccnc1N(C)C. The van der Waals surface area contributed by atoms with E-state index in [2.05, 4.69) is 15.3 Å². The molecule has 1 aromatic rings. The highest BCUT2D eigenvalue weighted by Gasteiger charge is 2.02. The van der Waals surface area contributed by atoms with Gasteiger partial charge < -0.3 is 10.2 Å². The van der Waals surface area contributed by atoms with Crippen molar-refractivity contribution < 1.29 is 0 Å². The fourth-order valence-electron chi connectivity index (χ4n) is 0.834. The topological polar surface area (TPSA) is 41.1 Å². The van der Waals surface area contributed by atoms with Gasteiger partial charge in [-0.05, 0) is 0 Å². The van der Waals surface area contributed by atoms with E-state index in [4.69, 9.17) is 0 Å². The fourth-order valence-corrected chi connectivity index (χ4v) is 0.834. The maximum Gasteiger partial charge on any atom is 0.171 e. The normalized spacial score (nSPS) is 9.36. The van der Waals surface area contributed by atoms with Gasteiger partial charge in [0.1, 0.15) is 0 Å². The Kier molecular flexibility index (Phi) is 2.25. The van der Waals surface area contributed by atoms with Crippen LogP contribution in [-0.2, 0) is 0 Å². The largest absolute Gasteiger partial charge is 0.370 e. The van der Waals surface area contributed by atoms with Gasteiger partial charge in [0.05, 0.1) is 0 Å². The minimum absolute atomic E-state index is 0.803. The first-order valence-electron chi connectivity index (χ1n) is 3.41. The zero-order valence-electron chi connectivity index (χ0n) is 7.00. The maximum atomic E-state index is 4.15. The average molecular weight is 152 g/mol. The van der Waals surface area contributed by atoms with Crippen LogP contribution in [0.15, 0.2) is 12.4 Å². The van der Waals surface area contributed by atoms with Gasteiger partial charge in [-0.15, -0.1) is 0 Å². The standard InChI is InChI=1S/C7H12N4/c1-8-6-7(11(2)3)10-5-4-9-6/h4-5H,1-3H3,(H,8,9). The Labute approximate surface area is 66.3 Å². The lowest BCUT2D eigenvalue weighted by Crippen LogP contribution is -2.13. The summed E-state index contributed by atoms with van der Waals surface area (Å²) < 4.78 is 0. The van der Waals surface area contributed by atoms with Crippen LogP contribution in [0, 0.1) is 0 Å². The number of rotatable bonds is 2. The number of anilines is 2. The Morgan fingerprint density at radius 3 is 2.36 bits per heavy atom. The van der Waals surface area contributed by atoms with E-state index in [-0.39, 0.29) is 0 Å². The zero-order valence-corrected chi connectivity index (χ0v) is 7.00. The zero-order chi connectivity index (χ0) is 8.27. The third-order valence-electron chi connectivity index (χ3n) is 1.34. The number of hydrogen-bond donors (Lipinski definition) is 1. The van der Waals surface area contributed by atoms with Gasteiger partial charge in [0.2, 0.25) is 0 Å². The molecule has 4 heteroatoms. The van der Waals surface area contributed by atoms with Crippen LogP contribution in [0.25, 0.3) is 0 Å². The van der Waals surface area contributed by atoms with Crippen LogP contribution in [0.1, 0.15) is 0 Å². The first-order chi connectivity index (χ1) is 5.25. The second-order valence-electron chi connectivity index (χ2n) is 2.37. The predicted molar refractivity (Wildman–Crippen MR) is 45.9 cm³/mol.